The summed E-state index contributed by atoms with van der Waals surface area (Å²) in [6.07, 6.45) is 0. The highest BCUT2D eigenvalue weighted by Crippen LogP contribution is 2.29. The minimum atomic E-state index is -0.464. The molecule has 8 nitrogen and oxygen atoms in total. The number of fused-ring (bicyclic) bond motifs is 1. The molecule has 0 aliphatic heterocycles. The van der Waals surface area contributed by atoms with Gasteiger partial charge >= 0.3 is 5.76 Å². The second-order valence-corrected chi connectivity index (χ2v) is 9.59. The van der Waals surface area contributed by atoms with Gasteiger partial charge in [-0.3, -0.25) is 4.98 Å². The molecule has 0 radical (unpaired) electrons. The second kappa shape index (κ2) is 9.24. The molecule has 2 N–H and O–H groups in total. The van der Waals surface area contributed by atoms with Gasteiger partial charge in [-0.1, -0.05) is 49.4 Å². The van der Waals surface area contributed by atoms with Gasteiger partial charge in [0.25, 0.3) is 0 Å². The number of aromatic amines is 1. The summed E-state index contributed by atoms with van der Waals surface area (Å²) in [7, 11) is 0. The smallest absolute Gasteiger partial charge is 0.408 e. The van der Waals surface area contributed by atoms with Crippen LogP contribution in [-0.2, 0) is 12.3 Å². The molecule has 2 aromatic carbocycles. The van der Waals surface area contributed by atoms with Gasteiger partial charge in [0.2, 0.25) is 0 Å². The first-order valence-corrected chi connectivity index (χ1v) is 12.3. The van der Waals surface area contributed by atoms with E-state index < -0.39 is 5.76 Å². The molecule has 33 heavy (non-hydrogen) atoms. The zero-order valence-corrected chi connectivity index (χ0v) is 19.7. The fourth-order valence-electron chi connectivity index (χ4n) is 3.40. The Morgan fingerprint density at radius 3 is 2.85 bits per heavy atom. The zero-order chi connectivity index (χ0) is 22.8. The zero-order valence-electron chi connectivity index (χ0n) is 18.1. The number of nitrogens with zero attached hydrogens (tertiary/aromatic N) is 4. The Morgan fingerprint density at radius 2 is 2.06 bits per heavy atom. The third kappa shape index (κ3) is 4.71. The molecule has 0 saturated heterocycles. The van der Waals surface area contributed by atoms with E-state index in [4.69, 9.17) is 9.40 Å². The van der Waals surface area contributed by atoms with Crippen molar-refractivity contribution in [3.8, 4) is 11.3 Å². The molecule has 0 bridgehead atoms. The lowest BCUT2D eigenvalue weighted by Gasteiger charge is -2.09. The Labute approximate surface area is 198 Å². The van der Waals surface area contributed by atoms with E-state index in [9.17, 15) is 4.79 Å². The summed E-state index contributed by atoms with van der Waals surface area (Å²) in [6, 6.07) is 15.6. The Bertz CT molecular complexity index is 1430. The van der Waals surface area contributed by atoms with Gasteiger partial charge in [-0.15, -0.1) is 16.4 Å². The number of benzene rings is 2. The molecule has 0 fully saturated rings. The fraction of sp³-hybridized carbons (Fsp3) is 0.217. The van der Waals surface area contributed by atoms with E-state index in [0.717, 1.165) is 33.3 Å². The predicted molar refractivity (Wildman–Crippen MR) is 133 cm³/mol. The van der Waals surface area contributed by atoms with Crippen molar-refractivity contribution < 1.29 is 4.42 Å². The van der Waals surface area contributed by atoms with Gasteiger partial charge in [0, 0.05) is 28.6 Å². The van der Waals surface area contributed by atoms with E-state index in [1.54, 1.807) is 29.4 Å². The van der Waals surface area contributed by atoms with Crippen molar-refractivity contribution in [1.29, 1.82) is 0 Å². The van der Waals surface area contributed by atoms with Crippen LogP contribution in [0.15, 0.2) is 63.1 Å². The summed E-state index contributed by atoms with van der Waals surface area (Å²) < 4.78 is 7.03. The molecule has 0 unspecified atom stereocenters. The van der Waals surface area contributed by atoms with Crippen LogP contribution in [0.3, 0.4) is 0 Å². The number of oxazole rings is 1. The van der Waals surface area contributed by atoms with Crippen molar-refractivity contribution >= 4 is 40.1 Å². The van der Waals surface area contributed by atoms with E-state index in [-0.39, 0.29) is 0 Å². The van der Waals surface area contributed by atoms with Gasteiger partial charge in [0.15, 0.2) is 5.58 Å². The SMILES string of the molecule is CC(C)c1nc(CSn2nnc(CNc3ccc4[nH]c(=O)oc4c3)c2-c2ccccc2)cs1. The highest BCUT2D eigenvalue weighted by Gasteiger charge is 2.17. The molecule has 168 valence electrons. The summed E-state index contributed by atoms with van der Waals surface area (Å²) >= 11 is 3.27. The number of aromatic nitrogens is 5. The monoisotopic (exact) mass is 478 g/mol. The molecule has 3 heterocycles. The van der Waals surface area contributed by atoms with Crippen LogP contribution in [0.2, 0.25) is 0 Å². The molecule has 0 spiro atoms. The molecule has 5 aromatic rings. The van der Waals surface area contributed by atoms with Gasteiger partial charge in [0.05, 0.1) is 28.5 Å². The maximum Gasteiger partial charge on any atom is 0.417 e. The lowest BCUT2D eigenvalue weighted by atomic mass is 10.1. The van der Waals surface area contributed by atoms with Crippen LogP contribution in [0.1, 0.15) is 36.2 Å². The van der Waals surface area contributed by atoms with Crippen LogP contribution in [-0.4, -0.2) is 24.4 Å². The molecule has 0 atom stereocenters. The predicted octanol–water partition coefficient (Wildman–Crippen LogP) is 5.27. The number of hydrogen-bond acceptors (Lipinski definition) is 8. The van der Waals surface area contributed by atoms with Crippen molar-refractivity contribution in [3.63, 3.8) is 0 Å². The van der Waals surface area contributed by atoms with Crippen molar-refractivity contribution in [3.05, 3.63) is 80.9 Å². The molecular formula is C23H22N6O2S2. The first-order valence-electron chi connectivity index (χ1n) is 10.5. The number of thiazole rings is 1. The van der Waals surface area contributed by atoms with Crippen molar-refractivity contribution in [2.45, 2.75) is 32.1 Å². The van der Waals surface area contributed by atoms with E-state index in [0.29, 0.717) is 29.3 Å². The van der Waals surface area contributed by atoms with Gasteiger partial charge in [-0.2, -0.15) is 4.09 Å². The third-order valence-electron chi connectivity index (χ3n) is 5.04. The molecule has 0 saturated carbocycles. The average molecular weight is 479 g/mol. The van der Waals surface area contributed by atoms with Crippen LogP contribution in [0, 0.1) is 0 Å². The van der Waals surface area contributed by atoms with Gasteiger partial charge in [-0.25, -0.2) is 9.78 Å². The second-order valence-electron chi connectivity index (χ2n) is 7.81. The minimum absolute atomic E-state index is 0.427. The Kier molecular flexibility index (Phi) is 6.01. The van der Waals surface area contributed by atoms with E-state index >= 15 is 0 Å². The molecule has 3 aromatic heterocycles. The summed E-state index contributed by atoms with van der Waals surface area (Å²) in [5.41, 5.74) is 5.86. The molecule has 5 rings (SSSR count). The first-order chi connectivity index (χ1) is 16.1. The minimum Gasteiger partial charge on any atom is -0.408 e. The average Bonchev–Trinajstić information content (AvgIpc) is 3.54. The lowest BCUT2D eigenvalue weighted by Crippen LogP contribution is -2.02. The lowest BCUT2D eigenvalue weighted by molar-refractivity contribution is 0.555. The van der Waals surface area contributed by atoms with Crippen LogP contribution >= 0.6 is 23.3 Å². The summed E-state index contributed by atoms with van der Waals surface area (Å²) in [5, 5.41) is 15.5. The topological polar surface area (TPSA) is 102 Å². The first kappa shape index (κ1) is 21.5. The highest BCUT2D eigenvalue weighted by molar-refractivity contribution is 7.97. The number of H-pyrrole nitrogens is 1. The number of rotatable bonds is 8. The standard InChI is InChI=1S/C23H22N6O2S2/c1-14(2)22-25-17(12-32-22)13-33-29-21(15-6-4-3-5-7-15)19(27-28-29)11-24-16-8-9-18-20(10-16)31-23(30)26-18/h3-10,12,14,24H,11,13H2,1-2H3,(H,26,30). The number of hydrogen-bond donors (Lipinski definition) is 2. The van der Waals surface area contributed by atoms with E-state index in [2.05, 4.69) is 52.0 Å². The van der Waals surface area contributed by atoms with Crippen LogP contribution in [0.25, 0.3) is 22.4 Å². The van der Waals surface area contributed by atoms with Crippen LogP contribution < -0.4 is 11.1 Å². The summed E-state index contributed by atoms with van der Waals surface area (Å²) in [4.78, 5) is 18.8. The highest BCUT2D eigenvalue weighted by atomic mass is 32.2. The van der Waals surface area contributed by atoms with Crippen LogP contribution in [0.4, 0.5) is 5.69 Å². The largest absolute Gasteiger partial charge is 0.417 e. The summed E-state index contributed by atoms with van der Waals surface area (Å²) in [6.45, 7) is 4.78. The van der Waals surface area contributed by atoms with E-state index in [1.165, 1.54) is 0 Å². The van der Waals surface area contributed by atoms with Gasteiger partial charge in [-0.05, 0) is 24.1 Å². The Balaban J connectivity index is 1.38. The van der Waals surface area contributed by atoms with Crippen molar-refractivity contribution in [2.75, 3.05) is 5.32 Å². The maximum absolute atomic E-state index is 11.4. The van der Waals surface area contributed by atoms with E-state index in [1.807, 2.05) is 34.4 Å². The van der Waals surface area contributed by atoms with Crippen molar-refractivity contribution in [2.24, 2.45) is 0 Å². The Morgan fingerprint density at radius 1 is 1.21 bits per heavy atom. The van der Waals surface area contributed by atoms with Crippen LogP contribution in [0.5, 0.6) is 0 Å². The molecule has 10 heteroatoms. The van der Waals surface area contributed by atoms with Gasteiger partial charge < -0.3 is 9.73 Å². The molecule has 0 amide bonds. The van der Waals surface area contributed by atoms with Gasteiger partial charge in [0.1, 0.15) is 11.4 Å². The summed E-state index contributed by atoms with van der Waals surface area (Å²) in [5.74, 6) is 0.674. The number of nitrogens with one attached hydrogen (secondary N) is 2. The molecular weight excluding hydrogens is 456 g/mol. The normalized spacial score (nSPS) is 11.5. The van der Waals surface area contributed by atoms with Crippen molar-refractivity contribution in [1.82, 2.24) is 24.4 Å². The third-order valence-corrected chi connectivity index (χ3v) is 7.16. The quantitative estimate of drug-likeness (QED) is 0.313. The number of anilines is 1. The molecule has 0 aliphatic rings. The maximum atomic E-state index is 11.4. The molecule has 0 aliphatic carbocycles. The fourth-order valence-corrected chi connectivity index (χ4v) is 5.17. The Hall–Kier alpha value is -3.37.